The minimum Gasteiger partial charge on any atom is -0.126 e. The third-order valence-corrected chi connectivity index (χ3v) is 4.65. The molecule has 0 aliphatic rings. The van der Waals surface area contributed by atoms with E-state index in [1.54, 1.807) is 0 Å². The summed E-state index contributed by atoms with van der Waals surface area (Å²) in [6.45, 7) is 6.48. The first-order valence-electron chi connectivity index (χ1n) is 5.75. The molecule has 0 bridgehead atoms. The van der Waals surface area contributed by atoms with Crippen LogP contribution in [-0.2, 0) is 6.42 Å². The number of aryl methyl sites for hydroxylation is 2. The Hall–Kier alpha value is -0.200. The second kappa shape index (κ2) is 5.93. The minimum absolute atomic E-state index is 0.0417. The molecule has 0 aromatic heterocycles. The summed E-state index contributed by atoms with van der Waals surface area (Å²) in [6.07, 6.45) is 2.00. The molecule has 2 heteroatoms. The maximum atomic E-state index is 6.09. The number of benzene rings is 1. The number of halogens is 2. The number of hydrogen-bond donors (Lipinski definition) is 0. The molecule has 0 spiro atoms. The highest BCUT2D eigenvalue weighted by molar-refractivity contribution is 6.21. The van der Waals surface area contributed by atoms with Crippen LogP contribution in [-0.4, -0.2) is 11.8 Å². The molecule has 0 saturated carbocycles. The first kappa shape index (κ1) is 13.9. The molecule has 16 heavy (non-hydrogen) atoms. The van der Waals surface area contributed by atoms with Crippen LogP contribution in [0.5, 0.6) is 0 Å². The van der Waals surface area contributed by atoms with E-state index in [1.807, 2.05) is 0 Å². The Morgan fingerprint density at radius 3 is 1.94 bits per heavy atom. The summed E-state index contributed by atoms with van der Waals surface area (Å²) in [5.74, 6) is 1.25. The van der Waals surface area contributed by atoms with Gasteiger partial charge in [-0.2, -0.15) is 0 Å². The van der Waals surface area contributed by atoms with E-state index in [1.165, 1.54) is 16.7 Å². The molecule has 0 aliphatic carbocycles. The molecule has 0 amide bonds. The van der Waals surface area contributed by atoms with Crippen LogP contribution in [0.1, 0.15) is 30.0 Å². The molecule has 0 atom stereocenters. The molecule has 1 aromatic rings. The number of rotatable bonds is 5. The first-order chi connectivity index (χ1) is 7.58. The van der Waals surface area contributed by atoms with Gasteiger partial charge in [-0.1, -0.05) is 25.1 Å². The van der Waals surface area contributed by atoms with Gasteiger partial charge in [0.2, 0.25) is 0 Å². The highest BCUT2D eigenvalue weighted by atomic mass is 35.5. The SMILES string of the molecule is CCC(CCl)(CCl)Cc1c(C)cccc1C. The molecule has 0 aliphatic heterocycles. The van der Waals surface area contributed by atoms with Gasteiger partial charge < -0.3 is 0 Å². The molecular weight excluding hydrogens is 239 g/mol. The zero-order chi connectivity index (χ0) is 12.2. The quantitative estimate of drug-likeness (QED) is 0.671. The van der Waals surface area contributed by atoms with Crippen LogP contribution in [0.4, 0.5) is 0 Å². The molecule has 0 nitrogen and oxygen atoms in total. The Labute approximate surface area is 109 Å². The standard InChI is InChI=1S/C14H20Cl2/c1-4-14(9-15,10-16)8-13-11(2)6-5-7-12(13)3/h5-7H,4,8-10H2,1-3H3. The fourth-order valence-electron chi connectivity index (χ4n) is 1.95. The molecule has 90 valence electrons. The van der Waals surface area contributed by atoms with Crippen LogP contribution >= 0.6 is 23.2 Å². The van der Waals surface area contributed by atoms with Crippen LogP contribution in [0.15, 0.2) is 18.2 Å². The Balaban J connectivity index is 3.02. The molecule has 0 unspecified atom stereocenters. The van der Waals surface area contributed by atoms with E-state index >= 15 is 0 Å². The lowest BCUT2D eigenvalue weighted by Gasteiger charge is -2.29. The lowest BCUT2D eigenvalue weighted by atomic mass is 9.80. The maximum Gasteiger partial charge on any atom is 0.0294 e. The smallest absolute Gasteiger partial charge is 0.0294 e. The molecule has 0 N–H and O–H groups in total. The highest BCUT2D eigenvalue weighted by Gasteiger charge is 2.27. The lowest BCUT2D eigenvalue weighted by molar-refractivity contribution is 0.360. The Morgan fingerprint density at radius 1 is 1.06 bits per heavy atom. The summed E-state index contributed by atoms with van der Waals surface area (Å²) in [4.78, 5) is 0. The van der Waals surface area contributed by atoms with Gasteiger partial charge in [0.15, 0.2) is 0 Å². The van der Waals surface area contributed by atoms with E-state index in [-0.39, 0.29) is 5.41 Å². The molecule has 0 heterocycles. The van der Waals surface area contributed by atoms with Crippen molar-refractivity contribution in [3.63, 3.8) is 0 Å². The molecule has 1 rings (SSSR count). The number of hydrogen-bond acceptors (Lipinski definition) is 0. The van der Waals surface area contributed by atoms with Crippen LogP contribution < -0.4 is 0 Å². The summed E-state index contributed by atoms with van der Waals surface area (Å²) < 4.78 is 0. The summed E-state index contributed by atoms with van der Waals surface area (Å²) in [5.41, 5.74) is 4.13. The normalized spacial score (nSPS) is 11.8. The summed E-state index contributed by atoms with van der Waals surface area (Å²) in [6, 6.07) is 6.42. The fraction of sp³-hybridized carbons (Fsp3) is 0.571. The number of alkyl halides is 2. The third kappa shape index (κ3) is 2.93. The molecular formula is C14H20Cl2. The van der Waals surface area contributed by atoms with Crippen molar-refractivity contribution in [2.45, 2.75) is 33.6 Å². The monoisotopic (exact) mass is 258 g/mol. The zero-order valence-electron chi connectivity index (χ0n) is 10.3. The van der Waals surface area contributed by atoms with Gasteiger partial charge in [0.1, 0.15) is 0 Å². The molecule has 0 saturated heterocycles. The molecule has 0 radical (unpaired) electrons. The predicted octanol–water partition coefficient (Wildman–Crippen LogP) is 4.72. The topological polar surface area (TPSA) is 0 Å². The van der Waals surface area contributed by atoms with Crippen molar-refractivity contribution in [3.05, 3.63) is 34.9 Å². The third-order valence-electron chi connectivity index (χ3n) is 3.51. The van der Waals surface area contributed by atoms with Gasteiger partial charge in [0.25, 0.3) is 0 Å². The van der Waals surface area contributed by atoms with Crippen LogP contribution in [0.2, 0.25) is 0 Å². The van der Waals surface area contributed by atoms with E-state index < -0.39 is 0 Å². The Kier molecular flexibility index (Phi) is 5.14. The predicted molar refractivity (Wildman–Crippen MR) is 73.8 cm³/mol. The zero-order valence-corrected chi connectivity index (χ0v) is 11.8. The van der Waals surface area contributed by atoms with E-state index in [9.17, 15) is 0 Å². The van der Waals surface area contributed by atoms with Crippen molar-refractivity contribution >= 4 is 23.2 Å². The summed E-state index contributed by atoms with van der Waals surface area (Å²) in [5, 5.41) is 0. The van der Waals surface area contributed by atoms with Crippen molar-refractivity contribution in [1.29, 1.82) is 0 Å². The van der Waals surface area contributed by atoms with Gasteiger partial charge in [0.05, 0.1) is 0 Å². The lowest BCUT2D eigenvalue weighted by Crippen LogP contribution is -2.27. The van der Waals surface area contributed by atoms with Crippen LogP contribution in [0.3, 0.4) is 0 Å². The fourth-order valence-corrected chi connectivity index (χ4v) is 2.80. The second-order valence-corrected chi connectivity index (χ2v) is 5.20. The second-order valence-electron chi connectivity index (χ2n) is 4.67. The van der Waals surface area contributed by atoms with Gasteiger partial charge in [-0.15, -0.1) is 23.2 Å². The molecule has 1 aromatic carbocycles. The Bertz CT molecular complexity index is 312. The van der Waals surface area contributed by atoms with Crippen molar-refractivity contribution in [3.8, 4) is 0 Å². The maximum absolute atomic E-state index is 6.09. The van der Waals surface area contributed by atoms with Gasteiger partial charge >= 0.3 is 0 Å². The van der Waals surface area contributed by atoms with Gasteiger partial charge in [0, 0.05) is 17.2 Å². The van der Waals surface area contributed by atoms with Crippen LogP contribution in [0, 0.1) is 19.3 Å². The summed E-state index contributed by atoms with van der Waals surface area (Å²) in [7, 11) is 0. The molecule has 0 fully saturated rings. The highest BCUT2D eigenvalue weighted by Crippen LogP contribution is 2.32. The summed E-state index contributed by atoms with van der Waals surface area (Å²) >= 11 is 12.2. The van der Waals surface area contributed by atoms with Gasteiger partial charge in [-0.3, -0.25) is 0 Å². The van der Waals surface area contributed by atoms with E-state index in [4.69, 9.17) is 23.2 Å². The van der Waals surface area contributed by atoms with Gasteiger partial charge in [-0.05, 0) is 43.4 Å². The average Bonchev–Trinajstić information content (AvgIpc) is 2.30. The van der Waals surface area contributed by atoms with E-state index in [0.717, 1.165) is 12.8 Å². The average molecular weight is 259 g/mol. The minimum atomic E-state index is 0.0417. The van der Waals surface area contributed by atoms with E-state index in [2.05, 4.69) is 39.0 Å². The van der Waals surface area contributed by atoms with Crippen molar-refractivity contribution in [2.75, 3.05) is 11.8 Å². The van der Waals surface area contributed by atoms with Crippen molar-refractivity contribution < 1.29 is 0 Å². The Morgan fingerprint density at radius 2 is 1.56 bits per heavy atom. The van der Waals surface area contributed by atoms with E-state index in [0.29, 0.717) is 11.8 Å². The largest absolute Gasteiger partial charge is 0.126 e. The van der Waals surface area contributed by atoms with Crippen LogP contribution in [0.25, 0.3) is 0 Å². The van der Waals surface area contributed by atoms with Crippen molar-refractivity contribution in [2.24, 2.45) is 5.41 Å². The first-order valence-corrected chi connectivity index (χ1v) is 6.82. The van der Waals surface area contributed by atoms with Gasteiger partial charge in [-0.25, -0.2) is 0 Å². The van der Waals surface area contributed by atoms with Crippen molar-refractivity contribution in [1.82, 2.24) is 0 Å².